The Hall–Kier alpha value is -3.36. The van der Waals surface area contributed by atoms with Crippen molar-refractivity contribution in [2.45, 2.75) is 57.1 Å². The quantitative estimate of drug-likeness (QED) is 0.239. The van der Waals surface area contributed by atoms with Gasteiger partial charge in [0.25, 0.3) is 0 Å². The van der Waals surface area contributed by atoms with Crippen molar-refractivity contribution < 1.29 is 28.8 Å². The lowest BCUT2D eigenvalue weighted by Gasteiger charge is -2.45. The second-order valence-corrected chi connectivity index (χ2v) is 9.84. The molecule has 208 valence electrons. The predicted octanol–water partition coefficient (Wildman–Crippen LogP) is 5.98. The molecule has 0 aromatic heterocycles. The van der Waals surface area contributed by atoms with Crippen LogP contribution in [-0.2, 0) is 50.1 Å². The standard InChI is InChI=1S/C34H36O6/c1-36-34-33(39-24-28-15-9-4-10-16-28)32(38-23-27-13-7-3-8-14-27)31(37-22-26-11-5-2-6-12-26)30(40-34)29-19-17-25(21-35)18-20-29/h2-20,30-35H,21-24H2,1H3/t30-,31-,32+,33-,34-/m1/s1. The fourth-order valence-electron chi connectivity index (χ4n) is 4.93. The highest BCUT2D eigenvalue weighted by molar-refractivity contribution is 5.26. The summed E-state index contributed by atoms with van der Waals surface area (Å²) in [5.41, 5.74) is 4.88. The minimum atomic E-state index is -0.691. The van der Waals surface area contributed by atoms with Gasteiger partial charge in [-0.15, -0.1) is 0 Å². The van der Waals surface area contributed by atoms with Crippen molar-refractivity contribution in [3.05, 3.63) is 143 Å². The van der Waals surface area contributed by atoms with E-state index in [1.165, 1.54) is 0 Å². The van der Waals surface area contributed by atoms with E-state index in [9.17, 15) is 5.11 Å². The number of aliphatic hydroxyl groups is 1. The third-order valence-electron chi connectivity index (χ3n) is 7.07. The maximum atomic E-state index is 9.58. The second-order valence-electron chi connectivity index (χ2n) is 9.84. The van der Waals surface area contributed by atoms with Crippen LogP contribution in [0.3, 0.4) is 0 Å². The average molecular weight is 541 g/mol. The molecule has 0 spiro atoms. The highest BCUT2D eigenvalue weighted by Crippen LogP contribution is 2.38. The Kier molecular flexibility index (Phi) is 10.1. The SMILES string of the molecule is CO[C@@H]1O[C@H](c2ccc(CO)cc2)[C@@H](OCc2ccccc2)[C@H](OCc2ccccc2)[C@H]1OCc1ccccc1. The molecule has 4 aromatic rings. The molecular weight excluding hydrogens is 504 g/mol. The number of aliphatic hydroxyl groups excluding tert-OH is 1. The third-order valence-corrected chi connectivity index (χ3v) is 7.07. The summed E-state index contributed by atoms with van der Waals surface area (Å²) in [5.74, 6) is 0. The maximum absolute atomic E-state index is 9.58. The molecule has 0 bridgehead atoms. The van der Waals surface area contributed by atoms with Crippen LogP contribution in [0.5, 0.6) is 0 Å². The van der Waals surface area contributed by atoms with Crippen LogP contribution in [0.25, 0.3) is 0 Å². The predicted molar refractivity (Wildman–Crippen MR) is 152 cm³/mol. The van der Waals surface area contributed by atoms with Gasteiger partial charge in [-0.3, -0.25) is 0 Å². The van der Waals surface area contributed by atoms with E-state index in [4.69, 9.17) is 23.7 Å². The van der Waals surface area contributed by atoms with Gasteiger partial charge in [0.1, 0.15) is 24.4 Å². The molecule has 0 amide bonds. The Bertz CT molecular complexity index is 1270. The third kappa shape index (κ3) is 7.23. The number of ether oxygens (including phenoxy) is 5. The van der Waals surface area contributed by atoms with Crippen LogP contribution in [0.4, 0.5) is 0 Å². The maximum Gasteiger partial charge on any atom is 0.186 e. The molecular formula is C34H36O6. The van der Waals surface area contributed by atoms with E-state index in [1.54, 1.807) is 7.11 Å². The summed E-state index contributed by atoms with van der Waals surface area (Å²) in [4.78, 5) is 0. The molecule has 0 saturated carbocycles. The van der Waals surface area contributed by atoms with Crippen LogP contribution in [0.2, 0.25) is 0 Å². The summed E-state index contributed by atoms with van der Waals surface area (Å²) in [6, 6.07) is 37.9. The monoisotopic (exact) mass is 540 g/mol. The lowest BCUT2D eigenvalue weighted by atomic mass is 9.92. The van der Waals surface area contributed by atoms with Crippen molar-refractivity contribution in [2.75, 3.05) is 7.11 Å². The van der Waals surface area contributed by atoms with E-state index in [0.717, 1.165) is 27.8 Å². The summed E-state index contributed by atoms with van der Waals surface area (Å²) in [6.07, 6.45) is -2.74. The van der Waals surface area contributed by atoms with Gasteiger partial charge in [-0.2, -0.15) is 0 Å². The highest BCUT2D eigenvalue weighted by Gasteiger charge is 2.49. The van der Waals surface area contributed by atoms with Gasteiger partial charge in [0, 0.05) is 7.11 Å². The molecule has 40 heavy (non-hydrogen) atoms. The van der Waals surface area contributed by atoms with Crippen LogP contribution >= 0.6 is 0 Å². The van der Waals surface area contributed by atoms with Gasteiger partial charge in [-0.1, -0.05) is 115 Å². The first-order chi connectivity index (χ1) is 19.7. The molecule has 1 heterocycles. The van der Waals surface area contributed by atoms with Crippen LogP contribution in [0.1, 0.15) is 33.9 Å². The lowest BCUT2D eigenvalue weighted by Crippen LogP contribution is -2.57. The first kappa shape index (κ1) is 28.2. The van der Waals surface area contributed by atoms with Gasteiger partial charge >= 0.3 is 0 Å². The van der Waals surface area contributed by atoms with Crippen LogP contribution in [0, 0.1) is 0 Å². The minimum Gasteiger partial charge on any atom is -0.392 e. The van der Waals surface area contributed by atoms with Gasteiger partial charge < -0.3 is 28.8 Å². The van der Waals surface area contributed by atoms with E-state index >= 15 is 0 Å². The van der Waals surface area contributed by atoms with Gasteiger partial charge in [-0.25, -0.2) is 0 Å². The zero-order valence-corrected chi connectivity index (χ0v) is 22.7. The first-order valence-corrected chi connectivity index (χ1v) is 13.6. The van der Waals surface area contributed by atoms with Crippen molar-refractivity contribution in [1.29, 1.82) is 0 Å². The molecule has 1 fully saturated rings. The van der Waals surface area contributed by atoms with E-state index in [-0.39, 0.29) is 6.61 Å². The molecule has 5 rings (SSSR count). The zero-order chi connectivity index (χ0) is 27.6. The van der Waals surface area contributed by atoms with Crippen molar-refractivity contribution in [3.63, 3.8) is 0 Å². The molecule has 1 aliphatic heterocycles. The zero-order valence-electron chi connectivity index (χ0n) is 22.7. The van der Waals surface area contributed by atoms with Crippen LogP contribution in [0.15, 0.2) is 115 Å². The Morgan fingerprint density at radius 1 is 0.550 bits per heavy atom. The molecule has 0 radical (unpaired) electrons. The average Bonchev–Trinajstić information content (AvgIpc) is 3.03. The molecule has 1 saturated heterocycles. The van der Waals surface area contributed by atoms with Crippen LogP contribution in [-0.4, -0.2) is 36.8 Å². The fraction of sp³-hybridized carbons (Fsp3) is 0.294. The van der Waals surface area contributed by atoms with Gasteiger partial charge in [0.05, 0.1) is 26.4 Å². The number of benzene rings is 4. The van der Waals surface area contributed by atoms with Gasteiger partial charge in [0.15, 0.2) is 6.29 Å². The summed E-state index contributed by atoms with van der Waals surface area (Å²) < 4.78 is 32.2. The highest BCUT2D eigenvalue weighted by atomic mass is 16.7. The lowest BCUT2D eigenvalue weighted by molar-refractivity contribution is -0.320. The van der Waals surface area contributed by atoms with E-state index in [0.29, 0.717) is 19.8 Å². The van der Waals surface area contributed by atoms with E-state index in [1.807, 2.05) is 115 Å². The molecule has 0 unspecified atom stereocenters. The van der Waals surface area contributed by atoms with Gasteiger partial charge in [0.2, 0.25) is 0 Å². The molecule has 0 aliphatic carbocycles. The largest absolute Gasteiger partial charge is 0.392 e. The number of hydrogen-bond acceptors (Lipinski definition) is 6. The Morgan fingerprint density at radius 2 is 1.00 bits per heavy atom. The van der Waals surface area contributed by atoms with Crippen molar-refractivity contribution in [2.24, 2.45) is 0 Å². The van der Waals surface area contributed by atoms with Gasteiger partial charge in [-0.05, 0) is 27.8 Å². The summed E-state index contributed by atoms with van der Waals surface area (Å²) in [6.45, 7) is 1.11. The van der Waals surface area contributed by atoms with Crippen molar-refractivity contribution in [3.8, 4) is 0 Å². The summed E-state index contributed by atoms with van der Waals surface area (Å²) in [7, 11) is 1.62. The fourth-order valence-corrected chi connectivity index (χ4v) is 4.93. The van der Waals surface area contributed by atoms with Crippen molar-refractivity contribution in [1.82, 2.24) is 0 Å². The Labute approximate surface area is 236 Å². The van der Waals surface area contributed by atoms with E-state index in [2.05, 4.69) is 0 Å². The summed E-state index contributed by atoms with van der Waals surface area (Å²) in [5, 5.41) is 9.58. The molecule has 4 aromatic carbocycles. The number of methoxy groups -OCH3 is 1. The second kappa shape index (κ2) is 14.3. The Balaban J connectivity index is 1.48. The topological polar surface area (TPSA) is 66.4 Å². The first-order valence-electron chi connectivity index (χ1n) is 13.6. The Morgan fingerprint density at radius 3 is 1.45 bits per heavy atom. The number of hydrogen-bond donors (Lipinski definition) is 1. The van der Waals surface area contributed by atoms with E-state index < -0.39 is 30.7 Å². The molecule has 6 heteroatoms. The number of rotatable bonds is 12. The molecule has 5 atom stereocenters. The smallest absolute Gasteiger partial charge is 0.186 e. The normalized spacial score (nSPS) is 22.7. The molecule has 6 nitrogen and oxygen atoms in total. The molecule has 1 aliphatic rings. The molecule has 1 N–H and O–H groups in total. The summed E-state index contributed by atoms with van der Waals surface area (Å²) >= 11 is 0. The van der Waals surface area contributed by atoms with Crippen LogP contribution < -0.4 is 0 Å². The minimum absolute atomic E-state index is 0.0291. The van der Waals surface area contributed by atoms with Crippen molar-refractivity contribution >= 4 is 0 Å².